The first kappa shape index (κ1) is 18.7. The molecule has 0 spiro atoms. The van der Waals surface area contributed by atoms with Crippen molar-refractivity contribution in [1.29, 1.82) is 0 Å². The molecule has 0 aliphatic heterocycles. The lowest BCUT2D eigenvalue weighted by molar-refractivity contribution is -0.119. The molecule has 2 amide bonds. The van der Waals surface area contributed by atoms with Gasteiger partial charge in [0.1, 0.15) is 6.04 Å². The fourth-order valence-corrected chi connectivity index (χ4v) is 2.48. The number of benzene rings is 2. The Morgan fingerprint density at radius 3 is 2.44 bits per heavy atom. The molecular formula is C20H24N2O3. The number of carbonyl (C=O) groups excluding carboxylic acids is 2. The van der Waals surface area contributed by atoms with E-state index in [1.165, 1.54) is 0 Å². The first-order valence-corrected chi connectivity index (χ1v) is 8.41. The zero-order valence-electron chi connectivity index (χ0n) is 14.5. The smallest absolute Gasteiger partial charge is 0.251 e. The minimum absolute atomic E-state index is 0.0197. The quantitative estimate of drug-likeness (QED) is 0.725. The summed E-state index contributed by atoms with van der Waals surface area (Å²) >= 11 is 0. The molecule has 0 fully saturated rings. The Balaban J connectivity index is 2.13. The molecule has 0 heterocycles. The standard InChI is InChI=1S/C20H24N2O3/c1-3-14(2)18(22-19(24)16-9-5-4-6-10-16)20(25)21-17-11-7-8-15(12-17)13-23/h4-12,14,18,23H,3,13H2,1-2H3,(H,21,25)(H,22,24). The Hall–Kier alpha value is -2.66. The van der Waals surface area contributed by atoms with Crippen LogP contribution in [0.5, 0.6) is 0 Å². The maximum atomic E-state index is 12.7. The van der Waals surface area contributed by atoms with Gasteiger partial charge in [-0.3, -0.25) is 9.59 Å². The number of aliphatic hydroxyl groups excluding tert-OH is 1. The lowest BCUT2D eigenvalue weighted by Gasteiger charge is -2.23. The third kappa shape index (κ3) is 5.16. The predicted octanol–water partition coefficient (Wildman–Crippen LogP) is 2.96. The van der Waals surface area contributed by atoms with E-state index in [0.29, 0.717) is 16.8 Å². The Morgan fingerprint density at radius 1 is 1.08 bits per heavy atom. The second-order valence-corrected chi connectivity index (χ2v) is 6.05. The molecule has 0 aliphatic rings. The van der Waals surface area contributed by atoms with Gasteiger partial charge in [-0.1, -0.05) is 50.6 Å². The lowest BCUT2D eigenvalue weighted by Crippen LogP contribution is -2.47. The molecule has 3 N–H and O–H groups in total. The van der Waals surface area contributed by atoms with Gasteiger partial charge in [-0.15, -0.1) is 0 Å². The molecule has 2 aromatic carbocycles. The predicted molar refractivity (Wildman–Crippen MR) is 98.1 cm³/mol. The number of carbonyl (C=O) groups is 2. The van der Waals surface area contributed by atoms with Crippen LogP contribution in [0.3, 0.4) is 0 Å². The minimum Gasteiger partial charge on any atom is -0.392 e. The van der Waals surface area contributed by atoms with Crippen molar-refractivity contribution in [3.8, 4) is 0 Å². The van der Waals surface area contributed by atoms with Crippen molar-refractivity contribution in [2.24, 2.45) is 5.92 Å². The van der Waals surface area contributed by atoms with E-state index >= 15 is 0 Å². The van der Waals surface area contributed by atoms with Crippen LogP contribution >= 0.6 is 0 Å². The maximum Gasteiger partial charge on any atom is 0.251 e. The summed E-state index contributed by atoms with van der Waals surface area (Å²) in [5.41, 5.74) is 1.83. The number of nitrogens with one attached hydrogen (secondary N) is 2. The van der Waals surface area contributed by atoms with Crippen LogP contribution in [0.2, 0.25) is 0 Å². The van der Waals surface area contributed by atoms with E-state index in [1.54, 1.807) is 48.5 Å². The molecule has 132 valence electrons. The van der Waals surface area contributed by atoms with Gasteiger partial charge < -0.3 is 15.7 Å². The molecule has 5 heteroatoms. The third-order valence-electron chi connectivity index (χ3n) is 4.20. The fraction of sp³-hybridized carbons (Fsp3) is 0.300. The molecule has 0 aromatic heterocycles. The number of anilines is 1. The highest BCUT2D eigenvalue weighted by molar-refractivity contribution is 6.01. The summed E-state index contributed by atoms with van der Waals surface area (Å²) in [7, 11) is 0. The van der Waals surface area contributed by atoms with E-state index in [2.05, 4.69) is 10.6 Å². The van der Waals surface area contributed by atoms with Gasteiger partial charge in [0, 0.05) is 11.3 Å². The van der Waals surface area contributed by atoms with Crippen molar-refractivity contribution in [3.63, 3.8) is 0 Å². The van der Waals surface area contributed by atoms with Crippen molar-refractivity contribution in [1.82, 2.24) is 5.32 Å². The van der Waals surface area contributed by atoms with Gasteiger partial charge in [0.2, 0.25) is 5.91 Å². The zero-order chi connectivity index (χ0) is 18.2. The summed E-state index contributed by atoms with van der Waals surface area (Å²) < 4.78 is 0. The van der Waals surface area contributed by atoms with Crippen LogP contribution in [0.25, 0.3) is 0 Å². The van der Waals surface area contributed by atoms with Gasteiger partial charge >= 0.3 is 0 Å². The van der Waals surface area contributed by atoms with E-state index in [4.69, 9.17) is 0 Å². The number of rotatable bonds is 7. The largest absolute Gasteiger partial charge is 0.392 e. The van der Waals surface area contributed by atoms with Crippen LogP contribution < -0.4 is 10.6 Å². The van der Waals surface area contributed by atoms with Gasteiger partial charge in [0.15, 0.2) is 0 Å². The topological polar surface area (TPSA) is 78.4 Å². The van der Waals surface area contributed by atoms with E-state index in [9.17, 15) is 14.7 Å². The first-order chi connectivity index (χ1) is 12.0. The van der Waals surface area contributed by atoms with Crippen LogP contribution in [0.4, 0.5) is 5.69 Å². The summed E-state index contributed by atoms with van der Waals surface area (Å²) in [6, 6.07) is 15.2. The molecule has 2 rings (SSSR count). The average molecular weight is 340 g/mol. The minimum atomic E-state index is -0.643. The molecule has 0 saturated carbocycles. The number of hydrogen-bond donors (Lipinski definition) is 3. The number of amides is 2. The maximum absolute atomic E-state index is 12.7. The summed E-state index contributed by atoms with van der Waals surface area (Å²) in [5.74, 6) is -0.562. The van der Waals surface area contributed by atoms with Crippen LogP contribution in [-0.2, 0) is 11.4 Å². The van der Waals surface area contributed by atoms with Gasteiger partial charge in [-0.05, 0) is 35.7 Å². The van der Waals surface area contributed by atoms with E-state index in [1.807, 2.05) is 19.9 Å². The van der Waals surface area contributed by atoms with Gasteiger partial charge in [0.05, 0.1) is 6.61 Å². The monoisotopic (exact) mass is 340 g/mol. The van der Waals surface area contributed by atoms with E-state index < -0.39 is 6.04 Å². The lowest BCUT2D eigenvalue weighted by atomic mass is 9.97. The second-order valence-electron chi connectivity index (χ2n) is 6.05. The molecule has 0 saturated heterocycles. The van der Waals surface area contributed by atoms with Crippen LogP contribution in [0.15, 0.2) is 54.6 Å². The molecular weight excluding hydrogens is 316 g/mol. The van der Waals surface area contributed by atoms with Gasteiger partial charge in [0.25, 0.3) is 5.91 Å². The normalized spacial score (nSPS) is 12.9. The fourth-order valence-electron chi connectivity index (χ4n) is 2.48. The molecule has 2 aromatic rings. The summed E-state index contributed by atoms with van der Waals surface area (Å²) in [6.07, 6.45) is 0.754. The Morgan fingerprint density at radius 2 is 1.80 bits per heavy atom. The van der Waals surface area contributed by atoms with Crippen molar-refractivity contribution in [2.75, 3.05) is 5.32 Å². The van der Waals surface area contributed by atoms with Gasteiger partial charge in [-0.2, -0.15) is 0 Å². The van der Waals surface area contributed by atoms with E-state index in [0.717, 1.165) is 6.42 Å². The van der Waals surface area contributed by atoms with Crippen LogP contribution in [0.1, 0.15) is 36.2 Å². The van der Waals surface area contributed by atoms with Crippen molar-refractivity contribution < 1.29 is 14.7 Å². The highest BCUT2D eigenvalue weighted by Crippen LogP contribution is 2.15. The van der Waals surface area contributed by atoms with Crippen LogP contribution in [0, 0.1) is 5.92 Å². The molecule has 5 nitrogen and oxygen atoms in total. The first-order valence-electron chi connectivity index (χ1n) is 8.41. The zero-order valence-corrected chi connectivity index (χ0v) is 14.5. The van der Waals surface area contributed by atoms with Crippen molar-refractivity contribution in [2.45, 2.75) is 32.9 Å². The molecule has 0 bridgehead atoms. The van der Waals surface area contributed by atoms with Crippen molar-refractivity contribution >= 4 is 17.5 Å². The summed E-state index contributed by atoms with van der Waals surface area (Å²) in [4.78, 5) is 25.1. The molecule has 0 aliphatic carbocycles. The Bertz CT molecular complexity index is 716. The third-order valence-corrected chi connectivity index (χ3v) is 4.20. The second kappa shape index (κ2) is 8.99. The summed E-state index contributed by atoms with van der Waals surface area (Å²) in [5, 5.41) is 14.9. The SMILES string of the molecule is CCC(C)C(NC(=O)c1ccccc1)C(=O)Nc1cccc(CO)c1. The number of hydrogen-bond acceptors (Lipinski definition) is 3. The highest BCUT2D eigenvalue weighted by atomic mass is 16.3. The van der Waals surface area contributed by atoms with Crippen molar-refractivity contribution in [3.05, 3.63) is 65.7 Å². The van der Waals surface area contributed by atoms with Crippen LogP contribution in [-0.4, -0.2) is 23.0 Å². The van der Waals surface area contributed by atoms with Gasteiger partial charge in [-0.25, -0.2) is 0 Å². The Labute approximate surface area is 148 Å². The summed E-state index contributed by atoms with van der Waals surface area (Å²) in [6.45, 7) is 3.81. The highest BCUT2D eigenvalue weighted by Gasteiger charge is 2.26. The molecule has 2 atom stereocenters. The average Bonchev–Trinajstić information content (AvgIpc) is 2.66. The van der Waals surface area contributed by atoms with E-state index in [-0.39, 0.29) is 24.3 Å². The number of aliphatic hydroxyl groups is 1. The molecule has 0 radical (unpaired) electrons. The molecule has 2 unspecified atom stereocenters. The Kier molecular flexibility index (Phi) is 6.71. The molecule has 25 heavy (non-hydrogen) atoms.